The van der Waals surface area contributed by atoms with Crippen molar-refractivity contribution in [3.8, 4) is 11.5 Å². The van der Waals surface area contributed by atoms with E-state index < -0.39 is 0 Å². The fourth-order valence-corrected chi connectivity index (χ4v) is 4.99. The van der Waals surface area contributed by atoms with Gasteiger partial charge in [-0.15, -0.1) is 0 Å². The third-order valence-corrected chi connectivity index (χ3v) is 6.63. The fourth-order valence-electron chi connectivity index (χ4n) is 4.01. The number of hydrogen-bond donors (Lipinski definition) is 0. The van der Waals surface area contributed by atoms with Crippen LogP contribution in [0.25, 0.3) is 6.08 Å². The number of anilines is 1. The molecule has 5 nitrogen and oxygen atoms in total. The number of amidine groups is 1. The summed E-state index contributed by atoms with van der Waals surface area (Å²) in [6.07, 6.45) is 1.88. The summed E-state index contributed by atoms with van der Waals surface area (Å²) in [7, 11) is 0. The van der Waals surface area contributed by atoms with Crippen LogP contribution in [-0.4, -0.2) is 17.9 Å². The maximum atomic E-state index is 13.6. The number of hydrogen-bond acceptors (Lipinski definition) is 5. The van der Waals surface area contributed by atoms with Crippen molar-refractivity contribution < 1.29 is 14.3 Å². The number of carbonyl (C=O) groups is 1. The van der Waals surface area contributed by atoms with Crippen molar-refractivity contribution in [3.05, 3.63) is 87.3 Å². The Morgan fingerprint density at radius 2 is 1.61 bits per heavy atom. The molecular formula is C27H24N2O3S. The Labute approximate surface area is 197 Å². The molecule has 2 heterocycles. The van der Waals surface area contributed by atoms with Gasteiger partial charge in [-0.1, -0.05) is 41.5 Å². The quantitative estimate of drug-likeness (QED) is 0.425. The Morgan fingerprint density at radius 3 is 2.36 bits per heavy atom. The molecule has 33 heavy (non-hydrogen) atoms. The van der Waals surface area contributed by atoms with Crippen LogP contribution >= 0.6 is 11.8 Å². The first-order chi connectivity index (χ1) is 15.9. The number of aryl methyl sites for hydroxylation is 4. The number of benzene rings is 3. The second kappa shape index (κ2) is 8.45. The molecule has 0 N–H and O–H groups in total. The minimum atomic E-state index is -0.0897. The number of fused-ring (bicyclic) bond motifs is 1. The molecule has 1 amide bonds. The van der Waals surface area contributed by atoms with Crippen molar-refractivity contribution in [1.82, 2.24) is 0 Å². The summed E-state index contributed by atoms with van der Waals surface area (Å²) < 4.78 is 10.9. The van der Waals surface area contributed by atoms with Gasteiger partial charge >= 0.3 is 0 Å². The first-order valence-corrected chi connectivity index (χ1v) is 11.6. The van der Waals surface area contributed by atoms with Gasteiger partial charge in [0.05, 0.1) is 16.3 Å². The SMILES string of the molecule is Cc1ccc(N=C2S/C(=C\c3ccc4c(c3)OCO4)C(=O)N2c2ccc(C)cc2C)c(C)c1. The molecule has 3 aromatic carbocycles. The Bertz CT molecular complexity index is 1340. The lowest BCUT2D eigenvalue weighted by atomic mass is 10.1. The van der Waals surface area contributed by atoms with E-state index in [2.05, 4.69) is 19.1 Å². The molecule has 1 saturated heterocycles. The first kappa shape index (κ1) is 21.3. The minimum Gasteiger partial charge on any atom is -0.454 e. The van der Waals surface area contributed by atoms with Crippen molar-refractivity contribution in [2.45, 2.75) is 27.7 Å². The van der Waals surface area contributed by atoms with Crippen LogP contribution in [-0.2, 0) is 4.79 Å². The predicted molar refractivity (Wildman–Crippen MR) is 135 cm³/mol. The molecule has 6 heteroatoms. The van der Waals surface area contributed by atoms with Gasteiger partial charge in [-0.05, 0) is 86.5 Å². The second-order valence-electron chi connectivity index (χ2n) is 8.34. The van der Waals surface area contributed by atoms with Crippen LogP contribution in [0.1, 0.15) is 27.8 Å². The molecule has 5 rings (SSSR count). The zero-order valence-electron chi connectivity index (χ0n) is 19.0. The third kappa shape index (κ3) is 4.14. The van der Waals surface area contributed by atoms with Gasteiger partial charge in [0.25, 0.3) is 5.91 Å². The monoisotopic (exact) mass is 456 g/mol. The van der Waals surface area contributed by atoms with Crippen LogP contribution < -0.4 is 14.4 Å². The largest absolute Gasteiger partial charge is 0.454 e. The van der Waals surface area contributed by atoms with E-state index in [9.17, 15) is 4.79 Å². The van der Waals surface area contributed by atoms with Crippen LogP contribution in [0, 0.1) is 27.7 Å². The lowest BCUT2D eigenvalue weighted by Gasteiger charge is -2.19. The van der Waals surface area contributed by atoms with E-state index in [0.717, 1.165) is 39.4 Å². The summed E-state index contributed by atoms with van der Waals surface area (Å²) in [5.41, 5.74) is 7.01. The van der Waals surface area contributed by atoms with E-state index in [-0.39, 0.29) is 12.7 Å². The van der Waals surface area contributed by atoms with E-state index in [0.29, 0.717) is 15.8 Å². The number of aliphatic imine (C=N–C) groups is 1. The lowest BCUT2D eigenvalue weighted by Crippen LogP contribution is -2.29. The minimum absolute atomic E-state index is 0.0897. The van der Waals surface area contributed by atoms with E-state index in [1.165, 1.54) is 17.3 Å². The Hall–Kier alpha value is -3.51. The van der Waals surface area contributed by atoms with E-state index in [1.54, 1.807) is 4.90 Å². The number of amides is 1. The van der Waals surface area contributed by atoms with Gasteiger partial charge in [-0.2, -0.15) is 0 Å². The summed E-state index contributed by atoms with van der Waals surface area (Å²) in [6, 6.07) is 17.9. The summed E-state index contributed by atoms with van der Waals surface area (Å²) in [4.78, 5) is 20.9. The molecule has 166 valence electrons. The zero-order chi connectivity index (χ0) is 23.1. The lowest BCUT2D eigenvalue weighted by molar-refractivity contribution is -0.113. The van der Waals surface area contributed by atoms with Crippen molar-refractivity contribution >= 4 is 40.3 Å². The molecule has 2 aliphatic heterocycles. The normalized spacial score (nSPS) is 17.5. The van der Waals surface area contributed by atoms with Crippen LogP contribution in [0.4, 0.5) is 11.4 Å². The summed E-state index contributed by atoms with van der Waals surface area (Å²) >= 11 is 1.39. The molecule has 0 unspecified atom stereocenters. The highest BCUT2D eigenvalue weighted by molar-refractivity contribution is 8.19. The number of thioether (sulfide) groups is 1. The molecular weight excluding hydrogens is 432 g/mol. The molecule has 0 atom stereocenters. The Kier molecular flexibility index (Phi) is 5.46. The second-order valence-corrected chi connectivity index (χ2v) is 9.35. The van der Waals surface area contributed by atoms with Gasteiger partial charge in [0, 0.05) is 0 Å². The van der Waals surface area contributed by atoms with Crippen LogP contribution in [0.5, 0.6) is 11.5 Å². The molecule has 1 fully saturated rings. The van der Waals surface area contributed by atoms with Crippen molar-refractivity contribution in [2.24, 2.45) is 4.99 Å². The molecule has 2 aliphatic rings. The summed E-state index contributed by atoms with van der Waals surface area (Å²) in [5.74, 6) is 1.32. The van der Waals surface area contributed by atoms with Gasteiger partial charge in [-0.25, -0.2) is 4.99 Å². The van der Waals surface area contributed by atoms with Gasteiger partial charge in [0.15, 0.2) is 16.7 Å². The zero-order valence-corrected chi connectivity index (χ0v) is 19.8. The molecule has 3 aromatic rings. The molecule has 0 aliphatic carbocycles. The van der Waals surface area contributed by atoms with Crippen molar-refractivity contribution in [2.75, 3.05) is 11.7 Å². The fraction of sp³-hybridized carbons (Fsp3) is 0.185. The topological polar surface area (TPSA) is 51.1 Å². The molecule has 0 aromatic heterocycles. The number of carbonyl (C=O) groups excluding carboxylic acids is 1. The van der Waals surface area contributed by atoms with Gasteiger partial charge in [0.1, 0.15) is 0 Å². The number of rotatable bonds is 3. The average molecular weight is 457 g/mol. The van der Waals surface area contributed by atoms with E-state index in [1.807, 2.05) is 69.3 Å². The van der Waals surface area contributed by atoms with E-state index in [4.69, 9.17) is 14.5 Å². The van der Waals surface area contributed by atoms with E-state index >= 15 is 0 Å². The van der Waals surface area contributed by atoms with Crippen LogP contribution in [0.2, 0.25) is 0 Å². The van der Waals surface area contributed by atoms with Gasteiger partial charge in [0.2, 0.25) is 6.79 Å². The molecule has 0 radical (unpaired) electrons. The van der Waals surface area contributed by atoms with Crippen molar-refractivity contribution in [1.29, 1.82) is 0 Å². The molecule has 0 saturated carbocycles. The highest BCUT2D eigenvalue weighted by atomic mass is 32.2. The third-order valence-electron chi connectivity index (χ3n) is 5.66. The first-order valence-electron chi connectivity index (χ1n) is 10.8. The molecule has 0 bridgehead atoms. The summed E-state index contributed by atoms with van der Waals surface area (Å²) in [6.45, 7) is 8.39. The summed E-state index contributed by atoms with van der Waals surface area (Å²) in [5, 5.41) is 0.644. The van der Waals surface area contributed by atoms with Crippen LogP contribution in [0.15, 0.2) is 64.5 Å². The highest BCUT2D eigenvalue weighted by Crippen LogP contribution is 2.40. The smallest absolute Gasteiger partial charge is 0.271 e. The predicted octanol–water partition coefficient (Wildman–Crippen LogP) is 6.46. The number of nitrogens with zero attached hydrogens (tertiary/aromatic N) is 2. The molecule has 0 spiro atoms. The average Bonchev–Trinajstić information content (AvgIpc) is 3.35. The van der Waals surface area contributed by atoms with Gasteiger partial charge in [-0.3, -0.25) is 9.69 Å². The van der Waals surface area contributed by atoms with Crippen LogP contribution in [0.3, 0.4) is 0 Å². The maximum absolute atomic E-state index is 13.6. The highest BCUT2D eigenvalue weighted by Gasteiger charge is 2.35. The maximum Gasteiger partial charge on any atom is 0.271 e. The van der Waals surface area contributed by atoms with Crippen molar-refractivity contribution in [3.63, 3.8) is 0 Å². The standard InChI is InChI=1S/C27H24N2O3S/c1-16-5-8-21(18(3)11-16)28-27-29(22-9-6-17(2)12-19(22)4)26(30)25(33-27)14-20-7-10-23-24(13-20)32-15-31-23/h5-14H,15H2,1-4H3/b25-14-,28-27?. The van der Waals surface area contributed by atoms with Gasteiger partial charge < -0.3 is 9.47 Å². The Balaban J connectivity index is 1.59. The number of ether oxygens (including phenoxy) is 2. The Morgan fingerprint density at radius 1 is 0.879 bits per heavy atom.